The molecule has 0 bridgehead atoms. The molecule has 3 aromatic rings. The van der Waals surface area contributed by atoms with Crippen LogP contribution in [0.15, 0.2) is 65.6 Å². The highest BCUT2D eigenvalue weighted by Gasteiger charge is 2.22. The normalized spacial score (nSPS) is 13.3. The van der Waals surface area contributed by atoms with Crippen LogP contribution in [-0.4, -0.2) is 15.0 Å². The number of hydrogen-bond donors (Lipinski definition) is 1. The lowest BCUT2D eigenvalue weighted by molar-refractivity contribution is 0.580. The molecule has 0 spiro atoms. The summed E-state index contributed by atoms with van der Waals surface area (Å²) in [5, 5.41) is 0.552. The number of fused-ring (bicyclic) bond motifs is 2. The van der Waals surface area contributed by atoms with Gasteiger partial charge in [-0.1, -0.05) is 67.1 Å². The Morgan fingerprint density at radius 1 is 0.968 bits per heavy atom. The molecule has 0 aliphatic heterocycles. The van der Waals surface area contributed by atoms with E-state index in [-0.39, 0.29) is 4.90 Å². The minimum absolute atomic E-state index is 0.259. The molecule has 3 nitrogen and oxygen atoms in total. The molecule has 0 atom stereocenters. The Kier molecular flexibility index (Phi) is 6.33. The van der Waals surface area contributed by atoms with E-state index in [1.165, 1.54) is 11.1 Å². The van der Waals surface area contributed by atoms with Crippen LogP contribution in [0.3, 0.4) is 0 Å². The highest BCUT2D eigenvalue weighted by molar-refractivity contribution is 7.89. The molecule has 0 heterocycles. The maximum atomic E-state index is 13.1. The van der Waals surface area contributed by atoms with Crippen LogP contribution in [0.1, 0.15) is 46.7 Å². The van der Waals surface area contributed by atoms with E-state index in [0.29, 0.717) is 17.1 Å². The minimum atomic E-state index is -3.66. The molecule has 0 saturated heterocycles. The summed E-state index contributed by atoms with van der Waals surface area (Å²) in [5.41, 5.74) is 7.15. The average molecular weight is 452 g/mol. The number of nitrogens with one attached hydrogen (secondary N) is 1. The van der Waals surface area contributed by atoms with E-state index in [1.54, 1.807) is 12.1 Å². The fourth-order valence-electron chi connectivity index (χ4n) is 4.06. The van der Waals surface area contributed by atoms with Crippen LogP contribution in [0.25, 0.3) is 11.6 Å². The number of halogens is 1. The van der Waals surface area contributed by atoms with Gasteiger partial charge in [0.05, 0.1) is 4.90 Å². The van der Waals surface area contributed by atoms with Crippen molar-refractivity contribution in [2.75, 3.05) is 6.54 Å². The molecule has 0 unspecified atom stereocenters. The lowest BCUT2D eigenvalue weighted by Gasteiger charge is -2.15. The fraction of sp³-hybridized carbons (Fsp3) is 0.231. The van der Waals surface area contributed by atoms with Crippen molar-refractivity contribution in [2.45, 2.75) is 38.0 Å². The van der Waals surface area contributed by atoms with Crippen LogP contribution in [0.2, 0.25) is 5.02 Å². The van der Waals surface area contributed by atoms with E-state index in [4.69, 9.17) is 11.6 Å². The van der Waals surface area contributed by atoms with E-state index in [2.05, 4.69) is 41.1 Å². The summed E-state index contributed by atoms with van der Waals surface area (Å²) < 4.78 is 28.9. The van der Waals surface area contributed by atoms with Gasteiger partial charge < -0.3 is 0 Å². The van der Waals surface area contributed by atoms with E-state index in [0.717, 1.165) is 41.5 Å². The van der Waals surface area contributed by atoms with Gasteiger partial charge in [0, 0.05) is 11.6 Å². The molecule has 4 rings (SSSR count). The van der Waals surface area contributed by atoms with E-state index >= 15 is 0 Å². The minimum Gasteiger partial charge on any atom is -0.211 e. The van der Waals surface area contributed by atoms with Crippen LogP contribution in [-0.2, 0) is 22.9 Å². The van der Waals surface area contributed by atoms with Crippen LogP contribution in [0.4, 0.5) is 0 Å². The monoisotopic (exact) mass is 451 g/mol. The average Bonchev–Trinajstić information content (AvgIpc) is 2.92. The van der Waals surface area contributed by atoms with Gasteiger partial charge in [-0.25, -0.2) is 13.1 Å². The predicted molar refractivity (Wildman–Crippen MR) is 129 cm³/mol. The number of rotatable bonds is 5. The van der Waals surface area contributed by atoms with Crippen molar-refractivity contribution in [3.05, 3.63) is 99.1 Å². The Hall–Kier alpha value is -2.40. The molecule has 31 heavy (non-hydrogen) atoms. The molecule has 0 fully saturated rings. The van der Waals surface area contributed by atoms with Gasteiger partial charge in [-0.3, -0.25) is 0 Å². The van der Waals surface area contributed by atoms with Gasteiger partial charge in [-0.2, -0.15) is 0 Å². The van der Waals surface area contributed by atoms with Crippen LogP contribution < -0.4 is 4.72 Å². The first-order chi connectivity index (χ1) is 14.9. The number of hydrogen-bond acceptors (Lipinski definition) is 2. The third-order valence-corrected chi connectivity index (χ3v) is 7.63. The quantitative estimate of drug-likeness (QED) is 0.515. The summed E-state index contributed by atoms with van der Waals surface area (Å²) >= 11 is 6.45. The van der Waals surface area contributed by atoms with Gasteiger partial charge in [0.2, 0.25) is 10.0 Å². The Bertz CT molecular complexity index is 1210. The molecule has 3 aromatic carbocycles. The summed E-state index contributed by atoms with van der Waals surface area (Å²) in [6.45, 7) is 4.16. The molecule has 160 valence electrons. The van der Waals surface area contributed by atoms with Crippen LogP contribution in [0.5, 0.6) is 0 Å². The van der Waals surface area contributed by atoms with E-state index < -0.39 is 10.0 Å². The second-order valence-corrected chi connectivity index (χ2v) is 10.1. The third-order valence-electron chi connectivity index (χ3n) is 5.70. The molecule has 0 saturated carbocycles. The highest BCUT2D eigenvalue weighted by Crippen LogP contribution is 2.36. The third kappa shape index (κ3) is 4.47. The van der Waals surface area contributed by atoms with E-state index in [9.17, 15) is 8.42 Å². The topological polar surface area (TPSA) is 46.2 Å². The highest BCUT2D eigenvalue weighted by atomic mass is 35.5. The Morgan fingerprint density at radius 2 is 1.55 bits per heavy atom. The van der Waals surface area contributed by atoms with Gasteiger partial charge in [-0.05, 0) is 83.3 Å². The zero-order valence-corrected chi connectivity index (χ0v) is 19.4. The van der Waals surface area contributed by atoms with Gasteiger partial charge >= 0.3 is 0 Å². The lowest BCUT2D eigenvalue weighted by Crippen LogP contribution is -2.25. The maximum Gasteiger partial charge on any atom is 0.241 e. The molecule has 5 heteroatoms. The van der Waals surface area contributed by atoms with Gasteiger partial charge in [0.15, 0.2) is 0 Å². The standard InChI is InChI=1S/C26H26ClNO2S/c1-3-14-28-31(29,30)26-15-18(2)25(27)17-21(26)16-24-22-10-6-4-8-19(22)12-13-20-9-5-7-11-23(20)24/h4-11,15-17,28H,3,12-14H2,1-2H3. The molecule has 0 aromatic heterocycles. The SMILES string of the molecule is CCCNS(=O)(=O)c1cc(C)c(Cl)cc1C=C1c2ccccc2CCc2ccccc21. The van der Waals surface area contributed by atoms with Crippen molar-refractivity contribution >= 4 is 33.3 Å². The maximum absolute atomic E-state index is 13.1. The van der Waals surface area contributed by atoms with E-state index in [1.807, 2.05) is 32.1 Å². The fourth-order valence-corrected chi connectivity index (χ4v) is 5.62. The zero-order valence-electron chi connectivity index (χ0n) is 17.8. The Morgan fingerprint density at radius 3 is 2.13 bits per heavy atom. The van der Waals surface area contributed by atoms with Gasteiger partial charge in [-0.15, -0.1) is 0 Å². The summed E-state index contributed by atoms with van der Waals surface area (Å²) in [6.07, 6.45) is 4.60. The second kappa shape index (κ2) is 8.99. The van der Waals surface area contributed by atoms with Crippen molar-refractivity contribution in [3.8, 4) is 0 Å². The summed E-state index contributed by atoms with van der Waals surface area (Å²) in [6, 6.07) is 20.1. The van der Waals surface area contributed by atoms with Crippen LogP contribution in [0, 0.1) is 6.92 Å². The molecule has 1 aliphatic carbocycles. The number of benzene rings is 3. The summed E-state index contributed by atoms with van der Waals surface area (Å²) in [4.78, 5) is 0.259. The molecular formula is C26H26ClNO2S. The Balaban J connectivity index is 1.98. The van der Waals surface area contributed by atoms with Crippen molar-refractivity contribution in [3.63, 3.8) is 0 Å². The van der Waals surface area contributed by atoms with Crippen molar-refractivity contribution in [1.29, 1.82) is 0 Å². The first kappa shape index (κ1) is 21.8. The number of aryl methyl sites for hydroxylation is 3. The largest absolute Gasteiger partial charge is 0.241 e. The molecule has 0 radical (unpaired) electrons. The summed E-state index contributed by atoms with van der Waals surface area (Å²) in [5.74, 6) is 0. The zero-order chi connectivity index (χ0) is 22.0. The first-order valence-corrected chi connectivity index (χ1v) is 12.4. The molecule has 0 amide bonds. The molecule has 1 N–H and O–H groups in total. The predicted octanol–water partition coefficient (Wildman–Crippen LogP) is 6.02. The Labute approximate surface area is 189 Å². The molecular weight excluding hydrogens is 426 g/mol. The van der Waals surface area contributed by atoms with Gasteiger partial charge in [0.1, 0.15) is 0 Å². The van der Waals surface area contributed by atoms with Gasteiger partial charge in [0.25, 0.3) is 0 Å². The second-order valence-electron chi connectivity index (χ2n) is 7.91. The van der Waals surface area contributed by atoms with Crippen molar-refractivity contribution in [1.82, 2.24) is 4.72 Å². The smallest absolute Gasteiger partial charge is 0.211 e. The molecule has 1 aliphatic rings. The first-order valence-electron chi connectivity index (χ1n) is 10.6. The number of sulfonamides is 1. The lowest BCUT2D eigenvalue weighted by atomic mass is 9.92. The summed E-state index contributed by atoms with van der Waals surface area (Å²) in [7, 11) is -3.66. The van der Waals surface area contributed by atoms with Crippen molar-refractivity contribution < 1.29 is 8.42 Å². The van der Waals surface area contributed by atoms with Crippen LogP contribution >= 0.6 is 11.6 Å². The van der Waals surface area contributed by atoms with Crippen molar-refractivity contribution in [2.24, 2.45) is 0 Å².